The molecule has 1 amide bonds. The summed E-state index contributed by atoms with van der Waals surface area (Å²) in [6.45, 7) is 11.0. The van der Waals surface area contributed by atoms with Crippen molar-refractivity contribution in [1.82, 2.24) is 4.98 Å². The minimum atomic E-state index is -0.915. The van der Waals surface area contributed by atoms with E-state index >= 15 is 0 Å². The van der Waals surface area contributed by atoms with Gasteiger partial charge in [0.2, 0.25) is 0 Å². The van der Waals surface area contributed by atoms with E-state index in [-0.39, 0.29) is 11.3 Å². The Kier molecular flexibility index (Phi) is 8.13. The number of anilines is 1. The lowest BCUT2D eigenvalue weighted by molar-refractivity contribution is -0.132. The number of aliphatic hydroxyl groups excluding tert-OH is 1. The van der Waals surface area contributed by atoms with Gasteiger partial charge in [-0.3, -0.25) is 14.5 Å². The lowest BCUT2D eigenvalue weighted by Gasteiger charge is -2.24. The molecule has 0 aliphatic carbocycles. The number of ketones is 1. The molecule has 1 N–H and O–H groups in total. The molecule has 0 bridgehead atoms. The summed E-state index contributed by atoms with van der Waals surface area (Å²) in [7, 11) is 0. The number of ether oxygens (including phenoxy) is 2. The van der Waals surface area contributed by atoms with Gasteiger partial charge in [0.05, 0.1) is 35.0 Å². The smallest absolute Gasteiger partial charge is 0.301 e. The molecule has 1 fully saturated rings. The fourth-order valence-corrected chi connectivity index (χ4v) is 5.91. The molecule has 8 heteroatoms. The Morgan fingerprint density at radius 1 is 0.976 bits per heavy atom. The molecule has 1 unspecified atom stereocenters. The molecule has 212 valence electrons. The average Bonchev–Trinajstić information content (AvgIpc) is 3.47. The Balaban J connectivity index is 1.67. The second-order valence-corrected chi connectivity index (χ2v) is 11.7. The third-order valence-corrected chi connectivity index (χ3v) is 8.06. The van der Waals surface area contributed by atoms with Crippen LogP contribution in [0.3, 0.4) is 0 Å². The van der Waals surface area contributed by atoms with E-state index in [1.165, 1.54) is 16.2 Å². The molecule has 3 aromatic carbocycles. The molecule has 1 aliphatic heterocycles. The maximum atomic E-state index is 13.7. The third-order valence-electron chi connectivity index (χ3n) is 7.04. The zero-order chi connectivity index (χ0) is 29.3. The van der Waals surface area contributed by atoms with Gasteiger partial charge < -0.3 is 14.6 Å². The number of hydrogen-bond acceptors (Lipinski definition) is 7. The highest BCUT2D eigenvalue weighted by Crippen LogP contribution is 2.46. The second-order valence-electron chi connectivity index (χ2n) is 10.7. The van der Waals surface area contributed by atoms with Gasteiger partial charge in [0, 0.05) is 5.56 Å². The normalized spacial score (nSPS) is 16.6. The molecule has 2 heterocycles. The van der Waals surface area contributed by atoms with E-state index in [0.29, 0.717) is 46.9 Å². The Labute approximate surface area is 244 Å². The van der Waals surface area contributed by atoms with Gasteiger partial charge >= 0.3 is 5.91 Å². The minimum Gasteiger partial charge on any atom is -0.507 e. The summed E-state index contributed by atoms with van der Waals surface area (Å²) in [5, 5.41) is 11.9. The van der Waals surface area contributed by atoms with Crippen LogP contribution in [0.5, 0.6) is 11.5 Å². The lowest BCUT2D eigenvalue weighted by atomic mass is 9.95. The average molecular weight is 571 g/mol. The molecule has 0 radical (unpaired) electrons. The number of carbonyl (C=O) groups excluding carboxylic acids is 2. The maximum absolute atomic E-state index is 13.7. The van der Waals surface area contributed by atoms with Crippen LogP contribution in [0.25, 0.3) is 16.0 Å². The van der Waals surface area contributed by atoms with Crippen LogP contribution in [0, 0.1) is 19.8 Å². The summed E-state index contributed by atoms with van der Waals surface area (Å²) in [4.78, 5) is 33.4. The Morgan fingerprint density at radius 3 is 2.41 bits per heavy atom. The molecule has 1 atom stereocenters. The van der Waals surface area contributed by atoms with Crippen LogP contribution in [0.4, 0.5) is 5.13 Å². The first-order valence-electron chi connectivity index (χ1n) is 13.8. The van der Waals surface area contributed by atoms with Gasteiger partial charge in [-0.05, 0) is 68.5 Å². The highest BCUT2D eigenvalue weighted by atomic mass is 32.1. The molecule has 0 spiro atoms. The summed E-state index contributed by atoms with van der Waals surface area (Å²) in [6, 6.07) is 17.5. The van der Waals surface area contributed by atoms with Crippen LogP contribution in [0.2, 0.25) is 0 Å². The quantitative estimate of drug-likeness (QED) is 0.128. The first-order valence-corrected chi connectivity index (χ1v) is 14.6. The summed E-state index contributed by atoms with van der Waals surface area (Å²) in [5.74, 6) is -0.155. The number of thiazole rings is 1. The van der Waals surface area contributed by atoms with Crippen molar-refractivity contribution in [3.8, 4) is 11.5 Å². The van der Waals surface area contributed by atoms with Crippen molar-refractivity contribution in [3.05, 3.63) is 88.5 Å². The van der Waals surface area contributed by atoms with Gasteiger partial charge in [-0.1, -0.05) is 67.1 Å². The summed E-state index contributed by atoms with van der Waals surface area (Å²) >= 11 is 1.34. The number of amides is 1. The van der Waals surface area contributed by atoms with Crippen molar-refractivity contribution in [2.24, 2.45) is 5.92 Å². The predicted molar refractivity (Wildman–Crippen MR) is 163 cm³/mol. The fourth-order valence-electron chi connectivity index (χ4n) is 4.82. The topological polar surface area (TPSA) is 89.0 Å². The molecule has 1 aliphatic rings. The summed E-state index contributed by atoms with van der Waals surface area (Å²) in [5.41, 5.74) is 3.88. The van der Waals surface area contributed by atoms with Gasteiger partial charge in [-0.15, -0.1) is 0 Å². The second kappa shape index (κ2) is 11.7. The van der Waals surface area contributed by atoms with Crippen LogP contribution in [0.1, 0.15) is 55.5 Å². The van der Waals surface area contributed by atoms with E-state index in [4.69, 9.17) is 14.5 Å². The molecule has 41 heavy (non-hydrogen) atoms. The molecule has 1 saturated heterocycles. The van der Waals surface area contributed by atoms with Gasteiger partial charge in [-0.25, -0.2) is 4.98 Å². The highest BCUT2D eigenvalue weighted by Gasteiger charge is 2.48. The largest absolute Gasteiger partial charge is 0.507 e. The van der Waals surface area contributed by atoms with Crippen LogP contribution in [0.15, 0.2) is 66.2 Å². The van der Waals surface area contributed by atoms with Crippen molar-refractivity contribution in [2.45, 2.75) is 47.1 Å². The van der Waals surface area contributed by atoms with Crippen molar-refractivity contribution in [1.29, 1.82) is 0 Å². The van der Waals surface area contributed by atoms with E-state index in [9.17, 15) is 14.7 Å². The van der Waals surface area contributed by atoms with Crippen molar-refractivity contribution >= 4 is 44.1 Å². The SMILES string of the molecule is CCOc1cc(C2/C(=C(\O)c3ccc(C)cc3)C(=O)C(=O)N2c2nc3ccc(C)cc3s2)ccc1OCCC(C)C. The number of carbonyl (C=O) groups is 2. The molecule has 7 nitrogen and oxygen atoms in total. The molecule has 4 aromatic rings. The van der Waals surface area contributed by atoms with Gasteiger partial charge in [0.1, 0.15) is 5.76 Å². The Morgan fingerprint density at radius 2 is 1.71 bits per heavy atom. The molecule has 5 rings (SSSR count). The van der Waals surface area contributed by atoms with E-state index in [2.05, 4.69) is 13.8 Å². The molecular weight excluding hydrogens is 536 g/mol. The number of Topliss-reactive ketones (excluding diaryl/α,β-unsaturated/α-hetero) is 1. The van der Waals surface area contributed by atoms with Gasteiger partial charge in [0.25, 0.3) is 5.78 Å². The van der Waals surface area contributed by atoms with Crippen molar-refractivity contribution in [2.75, 3.05) is 18.1 Å². The number of rotatable bonds is 9. The number of aliphatic hydroxyl groups is 1. The Bertz CT molecular complexity index is 1640. The first kappa shape index (κ1) is 28.4. The highest BCUT2D eigenvalue weighted by molar-refractivity contribution is 7.22. The van der Waals surface area contributed by atoms with E-state index in [1.54, 1.807) is 24.3 Å². The monoisotopic (exact) mass is 570 g/mol. The fraction of sp³-hybridized carbons (Fsp3) is 0.303. The van der Waals surface area contributed by atoms with E-state index in [0.717, 1.165) is 27.8 Å². The maximum Gasteiger partial charge on any atom is 0.301 e. The van der Waals surface area contributed by atoms with Crippen molar-refractivity contribution in [3.63, 3.8) is 0 Å². The number of nitrogens with zero attached hydrogens (tertiary/aromatic N) is 2. The Hall–Kier alpha value is -4.17. The first-order chi connectivity index (χ1) is 19.7. The standard InChI is InChI=1S/C33H34N2O5S/c1-6-39-26-18-23(12-14-25(26)40-16-15-19(2)3)29-28(30(36)22-10-7-20(4)8-11-22)31(37)32(38)35(29)33-34-24-13-9-21(5)17-27(24)41-33/h7-14,17-19,29,36H,6,15-16H2,1-5H3/b30-28+. The zero-order valence-corrected chi connectivity index (χ0v) is 24.7. The molecule has 1 aromatic heterocycles. The number of aromatic nitrogens is 1. The molecule has 0 saturated carbocycles. The lowest BCUT2D eigenvalue weighted by Crippen LogP contribution is -2.29. The van der Waals surface area contributed by atoms with Crippen LogP contribution >= 0.6 is 11.3 Å². The van der Waals surface area contributed by atoms with Crippen molar-refractivity contribution < 1.29 is 24.2 Å². The zero-order valence-electron chi connectivity index (χ0n) is 23.9. The summed E-state index contributed by atoms with van der Waals surface area (Å²) < 4.78 is 12.9. The third kappa shape index (κ3) is 5.70. The van der Waals surface area contributed by atoms with E-state index < -0.39 is 17.7 Å². The number of hydrogen-bond donors (Lipinski definition) is 1. The van der Waals surface area contributed by atoms with Crippen LogP contribution < -0.4 is 14.4 Å². The van der Waals surface area contributed by atoms with E-state index in [1.807, 2.05) is 57.2 Å². The summed E-state index contributed by atoms with van der Waals surface area (Å²) in [6.07, 6.45) is 0.890. The van der Waals surface area contributed by atoms with Gasteiger partial charge in [-0.2, -0.15) is 0 Å². The number of benzene rings is 3. The van der Waals surface area contributed by atoms with Gasteiger partial charge in [0.15, 0.2) is 16.6 Å². The van der Waals surface area contributed by atoms with Crippen LogP contribution in [-0.4, -0.2) is 35.0 Å². The minimum absolute atomic E-state index is 0.00483. The number of aryl methyl sites for hydroxylation is 2. The van der Waals surface area contributed by atoms with Crippen LogP contribution in [-0.2, 0) is 9.59 Å². The number of fused-ring (bicyclic) bond motifs is 1. The molecular formula is C33H34N2O5S. The predicted octanol–water partition coefficient (Wildman–Crippen LogP) is 7.36.